The third-order valence-electron chi connectivity index (χ3n) is 4.73. The van der Waals surface area contributed by atoms with Crippen molar-refractivity contribution in [1.29, 1.82) is 0 Å². The van der Waals surface area contributed by atoms with E-state index in [-0.39, 0.29) is 5.91 Å². The minimum atomic E-state index is -1.16. The molecule has 2 aliphatic rings. The number of para-hydroxylation sites is 1. The van der Waals surface area contributed by atoms with E-state index in [0.29, 0.717) is 40.7 Å². The van der Waals surface area contributed by atoms with Gasteiger partial charge in [-0.1, -0.05) is 12.1 Å². The smallest absolute Gasteiger partial charge is 0.275 e. The lowest BCUT2D eigenvalue weighted by Crippen LogP contribution is -2.65. The number of methoxy groups -OCH3 is 2. The molecule has 0 aliphatic carbocycles. The van der Waals surface area contributed by atoms with E-state index in [2.05, 4.69) is 26.4 Å². The zero-order valence-corrected chi connectivity index (χ0v) is 15.4. The predicted octanol–water partition coefficient (Wildman–Crippen LogP) is 0.761. The molecule has 1 amide bonds. The van der Waals surface area contributed by atoms with Crippen LogP contribution in [-0.4, -0.2) is 37.3 Å². The summed E-state index contributed by atoms with van der Waals surface area (Å²) in [4.78, 5) is 12.8. The van der Waals surface area contributed by atoms with Crippen molar-refractivity contribution in [3.8, 4) is 11.5 Å². The Bertz CT molecular complexity index is 1000. The molecular formula is C19H20N6O3. The molecule has 1 atom stereocenters. The van der Waals surface area contributed by atoms with Gasteiger partial charge in [-0.2, -0.15) is 10.2 Å². The number of nitrogens with one attached hydrogen (secondary N) is 3. The first kappa shape index (κ1) is 17.7. The molecule has 28 heavy (non-hydrogen) atoms. The van der Waals surface area contributed by atoms with Gasteiger partial charge in [0, 0.05) is 23.2 Å². The third kappa shape index (κ3) is 2.86. The standard InChI is InChI=1S/C19H20N6O3/c1-27-15-8-7-11(9-16(15)28-2)14-10-19(24-22-14)18(26)21-17(23-25-19)12-5-3-4-6-13(12)20/h3-9,24-25H,10,20H2,1-2H3,(H,21,23,26). The number of carbonyl (C=O) groups is 1. The maximum atomic E-state index is 12.8. The van der Waals surface area contributed by atoms with Crippen molar-refractivity contribution < 1.29 is 14.3 Å². The molecule has 0 bridgehead atoms. The van der Waals surface area contributed by atoms with Crippen molar-refractivity contribution in [3.63, 3.8) is 0 Å². The lowest BCUT2D eigenvalue weighted by molar-refractivity contribution is -0.127. The third-order valence-corrected chi connectivity index (χ3v) is 4.73. The summed E-state index contributed by atoms with van der Waals surface area (Å²) in [5, 5.41) is 11.4. The molecule has 2 aliphatic heterocycles. The molecule has 0 aromatic heterocycles. The zero-order valence-electron chi connectivity index (χ0n) is 15.4. The number of benzene rings is 2. The van der Waals surface area contributed by atoms with Gasteiger partial charge < -0.3 is 20.5 Å². The van der Waals surface area contributed by atoms with Crippen LogP contribution < -0.4 is 31.4 Å². The van der Waals surface area contributed by atoms with Crippen LogP contribution in [0.3, 0.4) is 0 Å². The molecule has 1 unspecified atom stereocenters. The van der Waals surface area contributed by atoms with Gasteiger partial charge in [0.15, 0.2) is 17.3 Å². The molecule has 144 valence electrons. The van der Waals surface area contributed by atoms with Gasteiger partial charge in [0.25, 0.3) is 5.91 Å². The SMILES string of the molecule is COc1ccc(C2=NNC3(C2)NN=C(c2ccccc2N)NC3=O)cc1OC. The van der Waals surface area contributed by atoms with E-state index in [4.69, 9.17) is 15.2 Å². The van der Waals surface area contributed by atoms with Crippen molar-refractivity contribution in [2.75, 3.05) is 20.0 Å². The van der Waals surface area contributed by atoms with E-state index in [1.165, 1.54) is 0 Å². The minimum absolute atomic E-state index is 0.292. The number of ether oxygens (including phenoxy) is 2. The van der Waals surface area contributed by atoms with Crippen molar-refractivity contribution in [2.45, 2.75) is 12.1 Å². The number of amides is 1. The molecule has 0 radical (unpaired) electrons. The maximum Gasteiger partial charge on any atom is 0.275 e. The molecule has 9 nitrogen and oxygen atoms in total. The Labute approximate surface area is 161 Å². The zero-order chi connectivity index (χ0) is 19.7. The van der Waals surface area contributed by atoms with Crippen LogP contribution in [0, 0.1) is 0 Å². The fraction of sp³-hybridized carbons (Fsp3) is 0.211. The molecule has 5 N–H and O–H groups in total. The lowest BCUT2D eigenvalue weighted by Gasteiger charge is -2.31. The number of hydrogen-bond donors (Lipinski definition) is 4. The molecular weight excluding hydrogens is 360 g/mol. The van der Waals surface area contributed by atoms with Gasteiger partial charge in [0.2, 0.25) is 5.66 Å². The Kier molecular flexibility index (Phi) is 4.26. The molecule has 9 heteroatoms. The van der Waals surface area contributed by atoms with Gasteiger partial charge in [-0.3, -0.25) is 15.6 Å². The minimum Gasteiger partial charge on any atom is -0.493 e. The first-order chi connectivity index (χ1) is 13.6. The number of amidine groups is 1. The topological polar surface area (TPSA) is 122 Å². The molecule has 2 aromatic rings. The van der Waals surface area contributed by atoms with Crippen LogP contribution in [0.5, 0.6) is 11.5 Å². The normalized spacial score (nSPS) is 20.6. The first-order valence-electron chi connectivity index (χ1n) is 8.63. The summed E-state index contributed by atoms with van der Waals surface area (Å²) in [6.45, 7) is 0. The number of anilines is 1. The Hall–Kier alpha value is -3.75. The van der Waals surface area contributed by atoms with E-state index in [9.17, 15) is 4.79 Å². The summed E-state index contributed by atoms with van der Waals surface area (Å²) < 4.78 is 10.6. The van der Waals surface area contributed by atoms with Crippen molar-refractivity contribution in [2.24, 2.45) is 10.2 Å². The predicted molar refractivity (Wildman–Crippen MR) is 105 cm³/mol. The number of carbonyl (C=O) groups excluding carboxylic acids is 1. The highest BCUT2D eigenvalue weighted by Gasteiger charge is 2.46. The Morgan fingerprint density at radius 1 is 1.04 bits per heavy atom. The number of nitrogens with zero attached hydrogens (tertiary/aromatic N) is 2. The van der Waals surface area contributed by atoms with E-state index in [1.807, 2.05) is 24.3 Å². The summed E-state index contributed by atoms with van der Waals surface area (Å²) in [7, 11) is 3.14. The summed E-state index contributed by atoms with van der Waals surface area (Å²) in [5.41, 5.74) is 13.3. The average molecular weight is 380 g/mol. The molecule has 4 rings (SSSR count). The van der Waals surface area contributed by atoms with Gasteiger partial charge in [0.05, 0.1) is 19.9 Å². The molecule has 0 saturated heterocycles. The van der Waals surface area contributed by atoms with E-state index < -0.39 is 5.66 Å². The highest BCUT2D eigenvalue weighted by atomic mass is 16.5. The second-order valence-corrected chi connectivity index (χ2v) is 6.44. The number of nitrogen functional groups attached to an aromatic ring is 1. The van der Waals surface area contributed by atoms with Crippen molar-refractivity contribution >= 4 is 23.1 Å². The lowest BCUT2D eigenvalue weighted by atomic mass is 9.98. The van der Waals surface area contributed by atoms with Crippen LogP contribution in [0.2, 0.25) is 0 Å². The number of nitrogens with two attached hydrogens (primary N) is 1. The van der Waals surface area contributed by atoms with Crippen LogP contribution in [-0.2, 0) is 4.79 Å². The Morgan fingerprint density at radius 2 is 1.79 bits per heavy atom. The largest absolute Gasteiger partial charge is 0.493 e. The van der Waals surface area contributed by atoms with Crippen LogP contribution in [0.1, 0.15) is 17.5 Å². The summed E-state index contributed by atoms with van der Waals surface area (Å²) in [6, 6.07) is 12.7. The molecule has 2 heterocycles. The molecule has 2 aromatic carbocycles. The van der Waals surface area contributed by atoms with Crippen LogP contribution in [0.25, 0.3) is 0 Å². The van der Waals surface area contributed by atoms with Crippen LogP contribution in [0.4, 0.5) is 5.69 Å². The van der Waals surface area contributed by atoms with Crippen LogP contribution >= 0.6 is 0 Å². The number of hydrogen-bond acceptors (Lipinski definition) is 8. The van der Waals surface area contributed by atoms with Crippen molar-refractivity contribution in [3.05, 3.63) is 53.6 Å². The Morgan fingerprint density at radius 3 is 2.50 bits per heavy atom. The highest BCUT2D eigenvalue weighted by molar-refractivity contribution is 6.16. The summed E-state index contributed by atoms with van der Waals surface area (Å²) in [6.07, 6.45) is 0.301. The average Bonchev–Trinajstić information content (AvgIpc) is 3.15. The second-order valence-electron chi connectivity index (χ2n) is 6.44. The highest BCUT2D eigenvalue weighted by Crippen LogP contribution is 2.30. The fourth-order valence-electron chi connectivity index (χ4n) is 3.16. The first-order valence-corrected chi connectivity index (χ1v) is 8.63. The summed E-state index contributed by atoms with van der Waals surface area (Å²) >= 11 is 0. The van der Waals surface area contributed by atoms with Gasteiger partial charge >= 0.3 is 0 Å². The molecule has 0 saturated carbocycles. The maximum absolute atomic E-state index is 12.8. The number of hydrazone groups is 2. The monoisotopic (exact) mass is 380 g/mol. The van der Waals surface area contributed by atoms with Gasteiger partial charge in [-0.15, -0.1) is 0 Å². The van der Waals surface area contributed by atoms with E-state index >= 15 is 0 Å². The second kappa shape index (κ2) is 6.76. The van der Waals surface area contributed by atoms with Gasteiger partial charge in [-0.05, 0) is 30.3 Å². The number of rotatable bonds is 4. The van der Waals surface area contributed by atoms with Gasteiger partial charge in [-0.25, -0.2) is 0 Å². The molecule has 0 fully saturated rings. The van der Waals surface area contributed by atoms with E-state index in [1.54, 1.807) is 32.4 Å². The van der Waals surface area contributed by atoms with E-state index in [0.717, 1.165) is 5.56 Å². The Balaban J connectivity index is 1.56. The van der Waals surface area contributed by atoms with Crippen LogP contribution in [0.15, 0.2) is 52.7 Å². The fourth-order valence-corrected chi connectivity index (χ4v) is 3.16. The molecule has 1 spiro atoms. The van der Waals surface area contributed by atoms with Crippen molar-refractivity contribution in [1.82, 2.24) is 16.2 Å². The van der Waals surface area contributed by atoms with Gasteiger partial charge in [0.1, 0.15) is 0 Å². The quantitative estimate of drug-likeness (QED) is 0.581. The summed E-state index contributed by atoms with van der Waals surface area (Å²) in [5.74, 6) is 1.29.